The molecule has 0 aromatic heterocycles. The highest BCUT2D eigenvalue weighted by Gasteiger charge is 2.35. The van der Waals surface area contributed by atoms with Crippen LogP contribution in [0.5, 0.6) is 5.75 Å². The minimum atomic E-state index is -0.348. The second-order valence-electron chi connectivity index (χ2n) is 6.38. The fourth-order valence-electron chi connectivity index (χ4n) is 3.14. The van der Waals surface area contributed by atoms with Crippen molar-refractivity contribution in [1.82, 2.24) is 0 Å². The average molecular weight is 352 g/mol. The van der Waals surface area contributed by atoms with Crippen molar-refractivity contribution in [3.05, 3.63) is 54.1 Å². The average Bonchev–Trinajstić information content (AvgIpc) is 3.05. The van der Waals surface area contributed by atoms with E-state index in [1.165, 1.54) is 5.56 Å². The van der Waals surface area contributed by atoms with E-state index in [9.17, 15) is 9.59 Å². The normalized spacial score (nSPS) is 16.6. The van der Waals surface area contributed by atoms with Crippen LogP contribution in [-0.2, 0) is 16.0 Å². The first-order chi connectivity index (χ1) is 12.6. The van der Waals surface area contributed by atoms with Gasteiger partial charge in [0.25, 0.3) is 0 Å². The number of benzene rings is 2. The summed E-state index contributed by atoms with van der Waals surface area (Å²) in [5.41, 5.74) is 2.74. The van der Waals surface area contributed by atoms with Gasteiger partial charge in [0.05, 0.1) is 12.5 Å². The first-order valence-corrected chi connectivity index (χ1v) is 9.03. The fraction of sp³-hybridized carbons (Fsp3) is 0.333. The molecule has 3 rings (SSSR count). The number of nitrogens with zero attached hydrogens (tertiary/aromatic N) is 1. The van der Waals surface area contributed by atoms with E-state index in [2.05, 4.69) is 12.2 Å². The summed E-state index contributed by atoms with van der Waals surface area (Å²) < 4.78 is 5.43. The molecule has 26 heavy (non-hydrogen) atoms. The first kappa shape index (κ1) is 18.0. The van der Waals surface area contributed by atoms with E-state index in [1.54, 1.807) is 4.90 Å². The van der Waals surface area contributed by atoms with Crippen LogP contribution in [0, 0.1) is 5.92 Å². The van der Waals surface area contributed by atoms with Gasteiger partial charge < -0.3 is 15.0 Å². The standard InChI is InChI=1S/C21H24N2O3/c1-3-15-6-5-7-17(12-15)22-21(25)16-13-20(24)23(14-16)18-8-10-19(11-9-18)26-4-2/h5-12,16H,3-4,13-14H2,1-2H3,(H,22,25)/t16-/m1/s1. The number of amides is 2. The van der Waals surface area contributed by atoms with Crippen LogP contribution < -0.4 is 15.0 Å². The molecule has 5 heteroatoms. The number of nitrogens with one attached hydrogen (secondary N) is 1. The molecule has 0 radical (unpaired) electrons. The minimum Gasteiger partial charge on any atom is -0.494 e. The number of hydrogen-bond acceptors (Lipinski definition) is 3. The Morgan fingerprint density at radius 1 is 1.19 bits per heavy atom. The summed E-state index contributed by atoms with van der Waals surface area (Å²) in [6.07, 6.45) is 1.14. The predicted octanol–water partition coefficient (Wildman–Crippen LogP) is 3.64. The van der Waals surface area contributed by atoms with Gasteiger partial charge in [0.2, 0.25) is 11.8 Å². The largest absolute Gasteiger partial charge is 0.494 e. The van der Waals surface area contributed by atoms with Crippen LogP contribution in [-0.4, -0.2) is 25.0 Å². The molecular formula is C21H24N2O3. The molecule has 1 saturated heterocycles. The monoisotopic (exact) mass is 352 g/mol. The van der Waals surface area contributed by atoms with Crippen LogP contribution in [0.1, 0.15) is 25.8 Å². The van der Waals surface area contributed by atoms with Gasteiger partial charge in [0, 0.05) is 24.3 Å². The van der Waals surface area contributed by atoms with Crippen LogP contribution in [0.15, 0.2) is 48.5 Å². The molecule has 1 aliphatic heterocycles. The predicted molar refractivity (Wildman–Crippen MR) is 103 cm³/mol. The van der Waals surface area contributed by atoms with Gasteiger partial charge in [0.1, 0.15) is 5.75 Å². The van der Waals surface area contributed by atoms with E-state index in [-0.39, 0.29) is 24.2 Å². The molecule has 0 unspecified atom stereocenters. The maximum Gasteiger partial charge on any atom is 0.229 e. The van der Waals surface area contributed by atoms with Gasteiger partial charge in [-0.1, -0.05) is 19.1 Å². The molecule has 0 spiro atoms. The van der Waals surface area contributed by atoms with Crippen molar-refractivity contribution in [3.63, 3.8) is 0 Å². The molecule has 2 aromatic rings. The number of hydrogen-bond donors (Lipinski definition) is 1. The van der Waals surface area contributed by atoms with Crippen LogP contribution in [0.25, 0.3) is 0 Å². The Morgan fingerprint density at radius 2 is 1.96 bits per heavy atom. The zero-order chi connectivity index (χ0) is 18.5. The molecule has 2 aromatic carbocycles. The molecule has 2 amide bonds. The third-order valence-corrected chi connectivity index (χ3v) is 4.56. The first-order valence-electron chi connectivity index (χ1n) is 9.03. The molecule has 1 aliphatic rings. The third kappa shape index (κ3) is 4.04. The van der Waals surface area contributed by atoms with Crippen molar-refractivity contribution < 1.29 is 14.3 Å². The minimum absolute atomic E-state index is 0.0309. The number of aryl methyl sites for hydroxylation is 1. The molecule has 1 heterocycles. The van der Waals surface area contributed by atoms with Gasteiger partial charge in [0.15, 0.2) is 0 Å². The number of carbonyl (C=O) groups is 2. The second-order valence-corrected chi connectivity index (χ2v) is 6.38. The number of carbonyl (C=O) groups excluding carboxylic acids is 2. The summed E-state index contributed by atoms with van der Waals surface area (Å²) in [6, 6.07) is 15.2. The van der Waals surface area contributed by atoms with Gasteiger partial charge in [-0.05, 0) is 55.3 Å². The summed E-state index contributed by atoms with van der Waals surface area (Å²) >= 11 is 0. The Balaban J connectivity index is 1.65. The molecular weight excluding hydrogens is 328 g/mol. The van der Waals surface area contributed by atoms with Gasteiger partial charge >= 0.3 is 0 Å². The van der Waals surface area contributed by atoms with E-state index in [4.69, 9.17) is 4.74 Å². The van der Waals surface area contributed by atoms with Crippen molar-refractivity contribution in [3.8, 4) is 5.75 Å². The number of rotatable bonds is 6. The summed E-state index contributed by atoms with van der Waals surface area (Å²) in [5.74, 6) is 0.281. The maximum absolute atomic E-state index is 12.6. The molecule has 136 valence electrons. The smallest absolute Gasteiger partial charge is 0.229 e. The molecule has 0 aliphatic carbocycles. The summed E-state index contributed by atoms with van der Waals surface area (Å²) in [6.45, 7) is 5.00. The Hall–Kier alpha value is -2.82. The van der Waals surface area contributed by atoms with E-state index < -0.39 is 0 Å². The Morgan fingerprint density at radius 3 is 2.65 bits per heavy atom. The summed E-state index contributed by atoms with van der Waals surface area (Å²) in [7, 11) is 0. The van der Waals surface area contributed by atoms with Crippen LogP contribution >= 0.6 is 0 Å². The van der Waals surface area contributed by atoms with Crippen molar-refractivity contribution >= 4 is 23.2 Å². The third-order valence-electron chi connectivity index (χ3n) is 4.56. The number of anilines is 2. The topological polar surface area (TPSA) is 58.6 Å². The Kier molecular flexibility index (Phi) is 5.56. The van der Waals surface area contributed by atoms with Crippen molar-refractivity contribution in [1.29, 1.82) is 0 Å². The lowest BCUT2D eigenvalue weighted by Crippen LogP contribution is -2.28. The van der Waals surface area contributed by atoms with Crippen LogP contribution in [0.3, 0.4) is 0 Å². The Labute approximate surface area is 154 Å². The highest BCUT2D eigenvalue weighted by atomic mass is 16.5. The molecule has 0 saturated carbocycles. The summed E-state index contributed by atoms with van der Waals surface area (Å²) in [4.78, 5) is 26.6. The molecule has 1 atom stereocenters. The molecule has 0 bridgehead atoms. The second kappa shape index (κ2) is 8.04. The van der Waals surface area contributed by atoms with Crippen LogP contribution in [0.4, 0.5) is 11.4 Å². The zero-order valence-electron chi connectivity index (χ0n) is 15.2. The molecule has 1 fully saturated rings. The SMILES string of the molecule is CCOc1ccc(N2C[C@H](C(=O)Nc3cccc(CC)c3)CC2=O)cc1. The molecule has 5 nitrogen and oxygen atoms in total. The van der Waals surface area contributed by atoms with Gasteiger partial charge in [-0.3, -0.25) is 9.59 Å². The van der Waals surface area contributed by atoms with Gasteiger partial charge in [-0.25, -0.2) is 0 Å². The van der Waals surface area contributed by atoms with E-state index in [0.29, 0.717) is 13.2 Å². The fourth-order valence-corrected chi connectivity index (χ4v) is 3.14. The van der Waals surface area contributed by atoms with E-state index >= 15 is 0 Å². The Bertz CT molecular complexity index is 786. The van der Waals surface area contributed by atoms with Crippen LogP contribution in [0.2, 0.25) is 0 Å². The van der Waals surface area contributed by atoms with Crippen molar-refractivity contribution in [2.24, 2.45) is 5.92 Å². The highest BCUT2D eigenvalue weighted by Crippen LogP contribution is 2.27. The number of ether oxygens (including phenoxy) is 1. The molecule has 1 N–H and O–H groups in total. The van der Waals surface area contributed by atoms with Gasteiger partial charge in [-0.2, -0.15) is 0 Å². The quantitative estimate of drug-likeness (QED) is 0.863. The van der Waals surface area contributed by atoms with Crippen molar-refractivity contribution in [2.75, 3.05) is 23.4 Å². The van der Waals surface area contributed by atoms with E-state index in [0.717, 1.165) is 23.5 Å². The van der Waals surface area contributed by atoms with E-state index in [1.807, 2.05) is 55.5 Å². The van der Waals surface area contributed by atoms with Gasteiger partial charge in [-0.15, -0.1) is 0 Å². The lowest BCUT2D eigenvalue weighted by Gasteiger charge is -2.17. The zero-order valence-corrected chi connectivity index (χ0v) is 15.2. The van der Waals surface area contributed by atoms with Crippen molar-refractivity contribution in [2.45, 2.75) is 26.7 Å². The lowest BCUT2D eigenvalue weighted by atomic mass is 10.1. The maximum atomic E-state index is 12.6. The lowest BCUT2D eigenvalue weighted by molar-refractivity contribution is -0.122. The summed E-state index contributed by atoms with van der Waals surface area (Å²) in [5, 5.41) is 2.94. The highest BCUT2D eigenvalue weighted by molar-refractivity contribution is 6.03.